The summed E-state index contributed by atoms with van der Waals surface area (Å²) in [6.07, 6.45) is 6.59. The zero-order valence-electron chi connectivity index (χ0n) is 12.3. The molecule has 1 N–H and O–H groups in total. The number of hydrogen-bond acceptors (Lipinski definition) is 4. The molecular formula is C15H23N3O2. The van der Waals surface area contributed by atoms with E-state index in [1.54, 1.807) is 6.33 Å². The van der Waals surface area contributed by atoms with Crippen molar-refractivity contribution in [3.8, 4) is 0 Å². The van der Waals surface area contributed by atoms with Gasteiger partial charge in [-0.15, -0.1) is 0 Å². The van der Waals surface area contributed by atoms with Gasteiger partial charge in [0.15, 0.2) is 0 Å². The number of aliphatic carboxylic acids is 1. The highest BCUT2D eigenvalue weighted by molar-refractivity contribution is 5.84. The molecule has 0 spiro atoms. The van der Waals surface area contributed by atoms with Gasteiger partial charge >= 0.3 is 5.97 Å². The fraction of sp³-hybridized carbons (Fsp3) is 0.667. The molecule has 20 heavy (non-hydrogen) atoms. The van der Waals surface area contributed by atoms with E-state index in [1.807, 2.05) is 17.9 Å². The predicted octanol–water partition coefficient (Wildman–Crippen LogP) is 2.65. The molecule has 0 bridgehead atoms. The number of hydrogen-bond donors (Lipinski definition) is 1. The summed E-state index contributed by atoms with van der Waals surface area (Å²) in [7, 11) is 0. The monoisotopic (exact) mass is 277 g/mol. The lowest BCUT2D eigenvalue weighted by molar-refractivity contribution is -0.143. The Morgan fingerprint density at radius 3 is 2.85 bits per heavy atom. The van der Waals surface area contributed by atoms with Crippen molar-refractivity contribution >= 4 is 11.8 Å². The summed E-state index contributed by atoms with van der Waals surface area (Å²) in [6, 6.07) is 1.95. The second kappa shape index (κ2) is 6.20. The number of aryl methyl sites for hydroxylation is 1. The van der Waals surface area contributed by atoms with Gasteiger partial charge in [-0.05, 0) is 25.7 Å². The van der Waals surface area contributed by atoms with Crippen molar-refractivity contribution in [1.82, 2.24) is 9.97 Å². The van der Waals surface area contributed by atoms with Crippen molar-refractivity contribution in [2.75, 3.05) is 11.4 Å². The number of carboxylic acid groups (broad SMARTS) is 1. The van der Waals surface area contributed by atoms with Crippen LogP contribution in [0.4, 0.5) is 5.82 Å². The number of carboxylic acids is 1. The van der Waals surface area contributed by atoms with Crippen molar-refractivity contribution in [3.63, 3.8) is 0 Å². The molecule has 1 saturated heterocycles. The molecule has 2 heterocycles. The SMILES string of the molecule is CCCc1cc(N2CCCC2(CCC)C(=O)O)ncn1. The molecule has 0 radical (unpaired) electrons. The zero-order chi connectivity index (χ0) is 14.6. The topological polar surface area (TPSA) is 66.3 Å². The summed E-state index contributed by atoms with van der Waals surface area (Å²) in [5, 5.41) is 9.71. The van der Waals surface area contributed by atoms with Crippen LogP contribution in [-0.2, 0) is 11.2 Å². The highest BCUT2D eigenvalue weighted by atomic mass is 16.4. The Kier molecular flexibility index (Phi) is 4.57. The summed E-state index contributed by atoms with van der Waals surface area (Å²) < 4.78 is 0. The highest BCUT2D eigenvalue weighted by Gasteiger charge is 2.47. The smallest absolute Gasteiger partial charge is 0.329 e. The molecule has 1 atom stereocenters. The molecule has 0 saturated carbocycles. The lowest BCUT2D eigenvalue weighted by Crippen LogP contribution is -2.51. The Morgan fingerprint density at radius 2 is 2.20 bits per heavy atom. The standard InChI is InChI=1S/C15H23N3O2/c1-3-6-12-10-13(17-11-16-12)18-9-5-8-15(18,7-4-2)14(19)20/h10-11H,3-9H2,1-2H3,(H,19,20). The average Bonchev–Trinajstić information content (AvgIpc) is 2.85. The average molecular weight is 277 g/mol. The summed E-state index contributed by atoms with van der Waals surface area (Å²) in [4.78, 5) is 22.4. The van der Waals surface area contributed by atoms with Crippen LogP contribution in [0.15, 0.2) is 12.4 Å². The molecule has 1 aromatic heterocycles. The Bertz CT molecular complexity index is 478. The zero-order valence-corrected chi connectivity index (χ0v) is 12.3. The van der Waals surface area contributed by atoms with Crippen molar-refractivity contribution in [2.45, 2.75) is 57.9 Å². The van der Waals surface area contributed by atoms with E-state index in [-0.39, 0.29) is 0 Å². The van der Waals surface area contributed by atoms with Crippen molar-refractivity contribution < 1.29 is 9.90 Å². The van der Waals surface area contributed by atoms with Gasteiger partial charge in [0, 0.05) is 18.3 Å². The Balaban J connectivity index is 2.34. The van der Waals surface area contributed by atoms with Crippen LogP contribution in [0.1, 0.15) is 51.6 Å². The summed E-state index contributed by atoms with van der Waals surface area (Å²) in [6.45, 7) is 4.90. The fourth-order valence-electron chi connectivity index (χ4n) is 3.14. The number of anilines is 1. The largest absolute Gasteiger partial charge is 0.479 e. The molecule has 1 fully saturated rings. The van der Waals surface area contributed by atoms with Crippen LogP contribution in [-0.4, -0.2) is 33.1 Å². The molecule has 1 aliphatic heterocycles. The van der Waals surface area contributed by atoms with E-state index in [1.165, 1.54) is 0 Å². The summed E-state index contributed by atoms with van der Waals surface area (Å²) in [5.74, 6) is 0.0318. The van der Waals surface area contributed by atoms with E-state index in [4.69, 9.17) is 0 Å². The second-order valence-corrected chi connectivity index (χ2v) is 5.46. The third-order valence-electron chi connectivity index (χ3n) is 4.04. The van der Waals surface area contributed by atoms with Gasteiger partial charge in [-0.1, -0.05) is 26.7 Å². The molecule has 1 aromatic rings. The maximum absolute atomic E-state index is 11.8. The van der Waals surface area contributed by atoms with Gasteiger partial charge in [0.1, 0.15) is 17.7 Å². The number of nitrogens with zero attached hydrogens (tertiary/aromatic N) is 3. The molecular weight excluding hydrogens is 254 g/mol. The van der Waals surface area contributed by atoms with Crippen LogP contribution in [0.25, 0.3) is 0 Å². The lowest BCUT2D eigenvalue weighted by atomic mass is 9.90. The van der Waals surface area contributed by atoms with Gasteiger partial charge in [-0.3, -0.25) is 0 Å². The van der Waals surface area contributed by atoms with Crippen LogP contribution < -0.4 is 4.90 Å². The van der Waals surface area contributed by atoms with Gasteiger partial charge in [0.25, 0.3) is 0 Å². The predicted molar refractivity (Wildman–Crippen MR) is 77.9 cm³/mol. The number of aromatic nitrogens is 2. The number of carbonyl (C=O) groups is 1. The minimum Gasteiger partial charge on any atom is -0.479 e. The first kappa shape index (κ1) is 14.8. The van der Waals surface area contributed by atoms with Gasteiger partial charge in [0.05, 0.1) is 0 Å². The van der Waals surface area contributed by atoms with Gasteiger partial charge in [0.2, 0.25) is 0 Å². The first-order valence-corrected chi connectivity index (χ1v) is 7.46. The van der Waals surface area contributed by atoms with Gasteiger partial charge < -0.3 is 10.0 Å². The van der Waals surface area contributed by atoms with Crippen LogP contribution in [0.3, 0.4) is 0 Å². The minimum atomic E-state index is -0.785. The van der Waals surface area contributed by atoms with E-state index in [0.29, 0.717) is 12.8 Å². The van der Waals surface area contributed by atoms with Crippen molar-refractivity contribution in [3.05, 3.63) is 18.1 Å². The minimum absolute atomic E-state index is 0.662. The highest BCUT2D eigenvalue weighted by Crippen LogP contribution is 2.37. The molecule has 1 unspecified atom stereocenters. The van der Waals surface area contributed by atoms with E-state index in [0.717, 1.165) is 43.7 Å². The molecule has 2 rings (SSSR count). The Labute approximate surface area is 120 Å². The summed E-state index contributed by atoms with van der Waals surface area (Å²) >= 11 is 0. The Hall–Kier alpha value is -1.65. The van der Waals surface area contributed by atoms with Crippen LogP contribution in [0.2, 0.25) is 0 Å². The van der Waals surface area contributed by atoms with Crippen molar-refractivity contribution in [1.29, 1.82) is 0 Å². The third kappa shape index (κ3) is 2.62. The van der Waals surface area contributed by atoms with Gasteiger partial charge in [-0.2, -0.15) is 0 Å². The van der Waals surface area contributed by atoms with Crippen LogP contribution in [0, 0.1) is 0 Å². The Morgan fingerprint density at radius 1 is 1.40 bits per heavy atom. The molecule has 5 nitrogen and oxygen atoms in total. The first-order chi connectivity index (χ1) is 9.64. The van der Waals surface area contributed by atoms with Gasteiger partial charge in [-0.25, -0.2) is 14.8 Å². The van der Waals surface area contributed by atoms with E-state index >= 15 is 0 Å². The second-order valence-electron chi connectivity index (χ2n) is 5.46. The van der Waals surface area contributed by atoms with E-state index < -0.39 is 11.5 Å². The first-order valence-electron chi connectivity index (χ1n) is 7.46. The van der Waals surface area contributed by atoms with Crippen molar-refractivity contribution in [2.24, 2.45) is 0 Å². The molecule has 1 aliphatic rings. The third-order valence-corrected chi connectivity index (χ3v) is 4.04. The molecule has 110 valence electrons. The maximum Gasteiger partial charge on any atom is 0.329 e. The van der Waals surface area contributed by atoms with Crippen LogP contribution in [0.5, 0.6) is 0 Å². The lowest BCUT2D eigenvalue weighted by Gasteiger charge is -2.35. The maximum atomic E-state index is 11.8. The fourth-order valence-corrected chi connectivity index (χ4v) is 3.14. The molecule has 0 aliphatic carbocycles. The van der Waals surface area contributed by atoms with E-state index in [2.05, 4.69) is 16.9 Å². The molecule has 5 heteroatoms. The molecule has 0 amide bonds. The normalized spacial score (nSPS) is 22.2. The number of rotatable bonds is 6. The van der Waals surface area contributed by atoms with E-state index in [9.17, 15) is 9.90 Å². The summed E-state index contributed by atoms with van der Waals surface area (Å²) in [5.41, 5.74) is 0.201. The molecule has 0 aromatic carbocycles. The van der Waals surface area contributed by atoms with Crippen LogP contribution >= 0.6 is 0 Å². The quantitative estimate of drug-likeness (QED) is 0.866.